The van der Waals surface area contributed by atoms with Gasteiger partial charge in [-0.3, -0.25) is 4.57 Å². The van der Waals surface area contributed by atoms with Crippen molar-refractivity contribution in [1.82, 2.24) is 5.09 Å². The van der Waals surface area contributed by atoms with Crippen molar-refractivity contribution in [2.45, 2.75) is 18.6 Å². The molecule has 0 amide bonds. The Kier molecular flexibility index (Phi) is 5.66. The van der Waals surface area contributed by atoms with Crippen LogP contribution in [-0.4, -0.2) is 12.1 Å². The predicted molar refractivity (Wildman–Crippen MR) is 121 cm³/mol. The summed E-state index contributed by atoms with van der Waals surface area (Å²) in [5.41, 5.74) is -0.155. The summed E-state index contributed by atoms with van der Waals surface area (Å²) in [6.07, 6.45) is 2.47. The van der Waals surface area contributed by atoms with Gasteiger partial charge in [0.1, 0.15) is 6.10 Å². The number of halogens is 1. The standard InChI is InChI=1S/C24H21ClNO3P/c1-24(22-16-17-23(27)29-22,18-12-14-19(25)15-13-18)26-30(28,20-8-4-2-5-9-20)21-10-6-3-7-11-21/h2-17,22H,1H3,(H,26,28)/t22-,24+/m0/s1. The second kappa shape index (κ2) is 8.23. The minimum atomic E-state index is -3.30. The Morgan fingerprint density at radius 2 is 1.43 bits per heavy atom. The highest BCUT2D eigenvalue weighted by Gasteiger charge is 2.45. The predicted octanol–water partition coefficient (Wildman–Crippen LogP) is 4.56. The Balaban J connectivity index is 1.87. The molecule has 1 N–H and O–H groups in total. The smallest absolute Gasteiger partial charge is 0.331 e. The minimum Gasteiger partial charge on any atom is -0.453 e. The van der Waals surface area contributed by atoms with Gasteiger partial charge in [-0.2, -0.15) is 0 Å². The lowest BCUT2D eigenvalue weighted by atomic mass is 9.87. The van der Waals surface area contributed by atoms with E-state index in [0.717, 1.165) is 5.56 Å². The van der Waals surface area contributed by atoms with E-state index in [1.54, 1.807) is 18.2 Å². The van der Waals surface area contributed by atoms with E-state index in [9.17, 15) is 9.36 Å². The molecule has 1 aliphatic heterocycles. The third-order valence-corrected chi connectivity index (χ3v) is 8.37. The van der Waals surface area contributed by atoms with Crippen LogP contribution < -0.4 is 15.7 Å². The highest BCUT2D eigenvalue weighted by atomic mass is 35.5. The molecule has 3 aromatic rings. The minimum absolute atomic E-state index is 0.420. The lowest BCUT2D eigenvalue weighted by Gasteiger charge is -2.39. The molecule has 6 heteroatoms. The van der Waals surface area contributed by atoms with Crippen molar-refractivity contribution >= 4 is 35.5 Å². The molecule has 1 aliphatic rings. The van der Waals surface area contributed by atoms with E-state index in [1.807, 2.05) is 79.7 Å². The van der Waals surface area contributed by atoms with E-state index in [1.165, 1.54) is 6.08 Å². The quantitative estimate of drug-likeness (QED) is 0.454. The van der Waals surface area contributed by atoms with Crippen molar-refractivity contribution in [1.29, 1.82) is 0 Å². The van der Waals surface area contributed by atoms with Crippen molar-refractivity contribution in [2.24, 2.45) is 0 Å². The van der Waals surface area contributed by atoms with E-state index in [2.05, 4.69) is 5.09 Å². The third kappa shape index (κ3) is 3.87. The Bertz CT molecular complexity index is 1070. The van der Waals surface area contributed by atoms with Gasteiger partial charge in [0.25, 0.3) is 0 Å². The van der Waals surface area contributed by atoms with E-state index < -0.39 is 24.9 Å². The number of esters is 1. The van der Waals surface area contributed by atoms with Crippen LogP contribution in [0.15, 0.2) is 97.1 Å². The monoisotopic (exact) mass is 437 g/mol. The molecule has 152 valence electrons. The van der Waals surface area contributed by atoms with Gasteiger partial charge in [-0.05, 0) is 55.0 Å². The van der Waals surface area contributed by atoms with Gasteiger partial charge < -0.3 is 4.74 Å². The second-order valence-corrected chi connectivity index (χ2v) is 10.2. The van der Waals surface area contributed by atoms with E-state index in [4.69, 9.17) is 16.3 Å². The summed E-state index contributed by atoms with van der Waals surface area (Å²) in [5.74, 6) is -0.420. The molecule has 1 heterocycles. The number of cyclic esters (lactones) is 1. The van der Waals surface area contributed by atoms with Crippen LogP contribution in [0.25, 0.3) is 0 Å². The van der Waals surface area contributed by atoms with Crippen molar-refractivity contribution in [3.8, 4) is 0 Å². The van der Waals surface area contributed by atoms with Crippen LogP contribution in [0.2, 0.25) is 5.02 Å². The first-order chi connectivity index (χ1) is 14.4. The number of hydrogen-bond donors (Lipinski definition) is 1. The maximum atomic E-state index is 14.6. The highest BCUT2D eigenvalue weighted by molar-refractivity contribution is 7.77. The van der Waals surface area contributed by atoms with Crippen LogP contribution in [0.3, 0.4) is 0 Å². The van der Waals surface area contributed by atoms with Crippen LogP contribution in [0, 0.1) is 0 Å². The molecule has 0 spiro atoms. The average molecular weight is 438 g/mol. The van der Waals surface area contributed by atoms with Gasteiger partial charge in [0.2, 0.25) is 7.29 Å². The van der Waals surface area contributed by atoms with Crippen molar-refractivity contribution in [3.05, 3.63) is 108 Å². The Hall–Kier alpha value is -2.65. The molecule has 0 aliphatic carbocycles. The summed E-state index contributed by atoms with van der Waals surface area (Å²) in [6, 6.07) is 25.9. The summed E-state index contributed by atoms with van der Waals surface area (Å²) in [4.78, 5) is 11.9. The van der Waals surface area contributed by atoms with E-state index in [0.29, 0.717) is 15.6 Å². The normalized spacial score (nSPS) is 18.1. The zero-order valence-electron chi connectivity index (χ0n) is 16.4. The Morgan fingerprint density at radius 3 is 1.90 bits per heavy atom. The maximum absolute atomic E-state index is 14.6. The zero-order valence-corrected chi connectivity index (χ0v) is 18.0. The van der Waals surface area contributed by atoms with Crippen LogP contribution in [0.4, 0.5) is 0 Å². The molecule has 4 rings (SSSR count). The SMILES string of the molecule is C[C@@](NP(=O)(c1ccccc1)c1ccccc1)(c1ccc(Cl)cc1)[C@@H]1C=CC(=O)O1. The summed E-state index contributed by atoms with van der Waals surface area (Å²) >= 11 is 6.09. The molecule has 3 aromatic carbocycles. The molecule has 0 saturated heterocycles. The summed E-state index contributed by atoms with van der Waals surface area (Å²) < 4.78 is 20.2. The van der Waals surface area contributed by atoms with Crippen molar-refractivity contribution < 1.29 is 14.1 Å². The largest absolute Gasteiger partial charge is 0.453 e. The van der Waals surface area contributed by atoms with Crippen LogP contribution in [-0.2, 0) is 19.6 Å². The molecule has 0 bridgehead atoms. The molecule has 30 heavy (non-hydrogen) atoms. The fraction of sp³-hybridized carbons (Fsp3) is 0.125. The van der Waals surface area contributed by atoms with Crippen LogP contribution in [0.1, 0.15) is 12.5 Å². The lowest BCUT2D eigenvalue weighted by molar-refractivity contribution is -0.141. The molecule has 0 saturated carbocycles. The average Bonchev–Trinajstić information content (AvgIpc) is 3.22. The van der Waals surface area contributed by atoms with Gasteiger partial charge in [0, 0.05) is 21.7 Å². The lowest BCUT2D eigenvalue weighted by Crippen LogP contribution is -2.50. The number of carbonyl (C=O) groups is 1. The number of carbonyl (C=O) groups excluding carboxylic acids is 1. The van der Waals surface area contributed by atoms with Gasteiger partial charge in [-0.25, -0.2) is 9.88 Å². The van der Waals surface area contributed by atoms with Crippen molar-refractivity contribution in [2.75, 3.05) is 0 Å². The number of hydrogen-bond acceptors (Lipinski definition) is 3. The first-order valence-corrected chi connectivity index (χ1v) is 11.7. The molecule has 0 fully saturated rings. The van der Waals surface area contributed by atoms with Gasteiger partial charge >= 0.3 is 5.97 Å². The number of benzene rings is 3. The van der Waals surface area contributed by atoms with E-state index >= 15 is 0 Å². The molecule has 0 unspecified atom stereocenters. The van der Waals surface area contributed by atoms with Crippen molar-refractivity contribution in [3.63, 3.8) is 0 Å². The highest BCUT2D eigenvalue weighted by Crippen LogP contribution is 2.46. The fourth-order valence-electron chi connectivity index (χ4n) is 3.65. The van der Waals surface area contributed by atoms with E-state index in [-0.39, 0.29) is 0 Å². The molecular formula is C24H21ClNO3P. The summed E-state index contributed by atoms with van der Waals surface area (Å²) in [5, 5.41) is 5.36. The maximum Gasteiger partial charge on any atom is 0.331 e. The Labute approximate surface area is 181 Å². The first kappa shape index (κ1) is 20.6. The third-order valence-electron chi connectivity index (χ3n) is 5.29. The topological polar surface area (TPSA) is 55.4 Å². The molecule has 2 atom stereocenters. The van der Waals surface area contributed by atoms with Gasteiger partial charge in [0.15, 0.2) is 0 Å². The summed E-state index contributed by atoms with van der Waals surface area (Å²) in [6.45, 7) is 1.89. The molecule has 0 radical (unpaired) electrons. The van der Waals surface area contributed by atoms with Crippen LogP contribution in [0.5, 0.6) is 0 Å². The second-order valence-electron chi connectivity index (χ2n) is 7.32. The first-order valence-electron chi connectivity index (χ1n) is 9.57. The molecule has 0 aromatic heterocycles. The molecule has 4 nitrogen and oxygen atoms in total. The zero-order chi connectivity index (χ0) is 21.2. The number of rotatable bonds is 6. The number of nitrogens with one attached hydrogen (secondary N) is 1. The van der Waals surface area contributed by atoms with Gasteiger partial charge in [-0.15, -0.1) is 0 Å². The van der Waals surface area contributed by atoms with Crippen LogP contribution >= 0.6 is 18.9 Å². The number of ether oxygens (including phenoxy) is 1. The molecular weight excluding hydrogens is 417 g/mol. The fourth-order valence-corrected chi connectivity index (χ4v) is 6.43. The summed E-state index contributed by atoms with van der Waals surface area (Å²) in [7, 11) is -3.30. The van der Waals surface area contributed by atoms with Gasteiger partial charge in [0.05, 0.1) is 5.54 Å². The Morgan fingerprint density at radius 1 is 0.900 bits per heavy atom. The van der Waals surface area contributed by atoms with Gasteiger partial charge in [-0.1, -0.05) is 60.1 Å².